The van der Waals surface area contributed by atoms with Gasteiger partial charge in [-0.15, -0.1) is 0 Å². The third-order valence-corrected chi connectivity index (χ3v) is 7.85. The quantitative estimate of drug-likeness (QED) is 0.395. The van der Waals surface area contributed by atoms with Gasteiger partial charge in [0.15, 0.2) is 6.61 Å². The fourth-order valence-corrected chi connectivity index (χ4v) is 5.77. The number of piperidine rings is 1. The fourth-order valence-electron chi connectivity index (χ4n) is 4.00. The number of ether oxygens (including phenoxy) is 1. The smallest absolute Gasteiger partial charge is 0.331 e. The molecule has 8 nitrogen and oxygen atoms in total. The Balaban J connectivity index is 1.36. The number of nitrogens with zero attached hydrogens (tertiary/aromatic N) is 2. The normalized spacial score (nSPS) is 14.8. The number of hydrogen-bond donors (Lipinski definition) is 1. The van der Waals surface area contributed by atoms with E-state index in [-0.39, 0.29) is 4.90 Å². The van der Waals surface area contributed by atoms with E-state index in [9.17, 15) is 18.0 Å². The highest BCUT2D eigenvalue weighted by atomic mass is 32.2. The third-order valence-electron chi connectivity index (χ3n) is 5.81. The molecule has 9 heteroatoms. The van der Waals surface area contributed by atoms with Gasteiger partial charge in [0.1, 0.15) is 0 Å². The third kappa shape index (κ3) is 5.93. The molecule has 1 aliphatic heterocycles. The minimum Gasteiger partial charge on any atom is -0.452 e. The average Bonchev–Trinajstić information content (AvgIpc) is 2.87. The van der Waals surface area contributed by atoms with Crippen molar-refractivity contribution in [1.82, 2.24) is 9.29 Å². The molecule has 0 radical (unpaired) electrons. The van der Waals surface area contributed by atoms with Gasteiger partial charge in [-0.25, -0.2) is 13.2 Å². The Bertz CT molecular complexity index is 1370. The van der Waals surface area contributed by atoms with E-state index >= 15 is 0 Å². The van der Waals surface area contributed by atoms with Crippen molar-refractivity contribution in [3.8, 4) is 0 Å². The first-order chi connectivity index (χ1) is 16.8. The molecule has 1 aromatic heterocycles. The molecule has 0 saturated carbocycles. The van der Waals surface area contributed by atoms with E-state index in [1.165, 1.54) is 16.4 Å². The molecule has 0 bridgehead atoms. The van der Waals surface area contributed by atoms with Crippen LogP contribution in [0.15, 0.2) is 65.7 Å². The Morgan fingerprint density at radius 3 is 2.66 bits per heavy atom. The van der Waals surface area contributed by atoms with Crippen LogP contribution in [-0.2, 0) is 24.3 Å². The van der Waals surface area contributed by atoms with Gasteiger partial charge in [-0.3, -0.25) is 9.78 Å². The molecular weight excluding hydrogens is 466 g/mol. The number of aryl methyl sites for hydroxylation is 1. The number of hydrogen-bond acceptors (Lipinski definition) is 6. The number of para-hydroxylation sites is 1. The summed E-state index contributed by atoms with van der Waals surface area (Å²) in [5.74, 6) is -1.24. The van der Waals surface area contributed by atoms with Crippen LogP contribution >= 0.6 is 0 Å². The summed E-state index contributed by atoms with van der Waals surface area (Å²) in [5, 5.41) is 3.55. The lowest BCUT2D eigenvalue weighted by Crippen LogP contribution is -2.36. The van der Waals surface area contributed by atoms with Gasteiger partial charge in [0.05, 0.1) is 10.4 Å². The highest BCUT2D eigenvalue weighted by Crippen LogP contribution is 2.26. The molecule has 1 saturated heterocycles. The number of fused-ring (bicyclic) bond motifs is 1. The van der Waals surface area contributed by atoms with Crippen molar-refractivity contribution in [2.24, 2.45) is 0 Å². The molecule has 1 aliphatic rings. The van der Waals surface area contributed by atoms with Crippen molar-refractivity contribution in [3.05, 3.63) is 71.9 Å². The highest BCUT2D eigenvalue weighted by Gasteiger charge is 2.27. The second-order valence-electron chi connectivity index (χ2n) is 8.36. The Kier molecular flexibility index (Phi) is 7.57. The van der Waals surface area contributed by atoms with Crippen LogP contribution in [0.3, 0.4) is 0 Å². The van der Waals surface area contributed by atoms with Gasteiger partial charge in [0, 0.05) is 42.0 Å². The summed E-state index contributed by atoms with van der Waals surface area (Å²) in [6, 6.07) is 14.1. The molecule has 0 spiro atoms. The van der Waals surface area contributed by atoms with E-state index in [1.54, 1.807) is 31.3 Å². The SMILES string of the molecule is Cc1ccc(NC(=O)COC(=O)/C=C/c2cccc3cccnc23)cc1S(=O)(=O)N1CCCCC1. The number of rotatable bonds is 7. The predicted molar refractivity (Wildman–Crippen MR) is 134 cm³/mol. The predicted octanol–water partition coefficient (Wildman–Crippen LogP) is 3.91. The molecule has 0 unspecified atom stereocenters. The Hall–Kier alpha value is -3.56. The van der Waals surface area contributed by atoms with Crippen molar-refractivity contribution >= 4 is 44.6 Å². The number of carbonyl (C=O) groups is 2. The van der Waals surface area contributed by atoms with Crippen LogP contribution in [0.4, 0.5) is 5.69 Å². The molecule has 182 valence electrons. The van der Waals surface area contributed by atoms with Crippen LogP contribution in [-0.4, -0.2) is 49.3 Å². The number of benzene rings is 2. The van der Waals surface area contributed by atoms with Crippen LogP contribution in [0, 0.1) is 6.92 Å². The van der Waals surface area contributed by atoms with Crippen molar-refractivity contribution in [1.29, 1.82) is 0 Å². The zero-order valence-electron chi connectivity index (χ0n) is 19.4. The summed E-state index contributed by atoms with van der Waals surface area (Å²) in [4.78, 5) is 28.9. The molecule has 1 fully saturated rings. The van der Waals surface area contributed by atoms with Crippen LogP contribution in [0.2, 0.25) is 0 Å². The molecule has 3 aromatic rings. The Morgan fingerprint density at radius 1 is 1.09 bits per heavy atom. The number of amides is 1. The Morgan fingerprint density at radius 2 is 1.86 bits per heavy atom. The Labute approximate surface area is 204 Å². The lowest BCUT2D eigenvalue weighted by atomic mass is 10.1. The fraction of sp³-hybridized carbons (Fsp3) is 0.269. The van der Waals surface area contributed by atoms with Crippen LogP contribution in [0.5, 0.6) is 0 Å². The highest BCUT2D eigenvalue weighted by molar-refractivity contribution is 7.89. The monoisotopic (exact) mass is 493 g/mol. The van der Waals surface area contributed by atoms with Crippen LogP contribution in [0.25, 0.3) is 17.0 Å². The lowest BCUT2D eigenvalue weighted by Gasteiger charge is -2.26. The first-order valence-electron chi connectivity index (χ1n) is 11.4. The number of sulfonamides is 1. The summed E-state index contributed by atoms with van der Waals surface area (Å²) in [5.41, 5.74) is 2.44. The molecule has 2 aromatic carbocycles. The number of nitrogens with one attached hydrogen (secondary N) is 1. The minimum absolute atomic E-state index is 0.167. The van der Waals surface area contributed by atoms with E-state index in [1.807, 2.05) is 30.3 Å². The topological polar surface area (TPSA) is 106 Å². The maximum atomic E-state index is 13.1. The van der Waals surface area contributed by atoms with Crippen LogP contribution in [0.1, 0.15) is 30.4 Å². The summed E-state index contributed by atoms with van der Waals surface area (Å²) >= 11 is 0. The van der Waals surface area contributed by atoms with E-state index < -0.39 is 28.5 Å². The van der Waals surface area contributed by atoms with Gasteiger partial charge >= 0.3 is 5.97 Å². The van der Waals surface area contributed by atoms with Gasteiger partial charge in [-0.1, -0.05) is 36.8 Å². The first kappa shape index (κ1) is 24.6. The van der Waals surface area contributed by atoms with E-state index in [2.05, 4.69) is 10.3 Å². The second-order valence-corrected chi connectivity index (χ2v) is 10.3. The van der Waals surface area contributed by atoms with Crippen LogP contribution < -0.4 is 5.32 Å². The molecule has 4 rings (SSSR count). The minimum atomic E-state index is -3.64. The van der Waals surface area contributed by atoms with Gasteiger partial charge in [-0.2, -0.15) is 4.31 Å². The van der Waals surface area contributed by atoms with E-state index in [0.717, 1.165) is 35.7 Å². The number of pyridine rings is 1. The lowest BCUT2D eigenvalue weighted by molar-refractivity contribution is -0.142. The summed E-state index contributed by atoms with van der Waals surface area (Å²) in [6.45, 7) is 2.22. The zero-order chi connectivity index (χ0) is 24.8. The maximum absolute atomic E-state index is 13.1. The summed E-state index contributed by atoms with van der Waals surface area (Å²) in [6.07, 6.45) is 7.21. The summed E-state index contributed by atoms with van der Waals surface area (Å²) < 4.78 is 32.7. The second kappa shape index (κ2) is 10.8. The van der Waals surface area contributed by atoms with Crippen molar-refractivity contribution in [2.45, 2.75) is 31.1 Å². The average molecular weight is 494 g/mol. The molecule has 1 amide bonds. The maximum Gasteiger partial charge on any atom is 0.331 e. The molecule has 0 aliphatic carbocycles. The molecule has 2 heterocycles. The zero-order valence-corrected chi connectivity index (χ0v) is 20.3. The van der Waals surface area contributed by atoms with Crippen molar-refractivity contribution in [3.63, 3.8) is 0 Å². The molecular formula is C26H27N3O5S. The van der Waals surface area contributed by atoms with Crippen molar-refractivity contribution < 1.29 is 22.7 Å². The number of aromatic nitrogens is 1. The molecule has 0 atom stereocenters. The molecule has 1 N–H and O–H groups in total. The van der Waals surface area contributed by atoms with Gasteiger partial charge < -0.3 is 10.1 Å². The molecule has 35 heavy (non-hydrogen) atoms. The van der Waals surface area contributed by atoms with Crippen molar-refractivity contribution in [2.75, 3.05) is 25.0 Å². The number of anilines is 1. The van der Waals surface area contributed by atoms with Gasteiger partial charge in [0.2, 0.25) is 10.0 Å². The largest absolute Gasteiger partial charge is 0.452 e. The van der Waals surface area contributed by atoms with E-state index in [0.29, 0.717) is 24.3 Å². The van der Waals surface area contributed by atoms with Gasteiger partial charge in [0.25, 0.3) is 5.91 Å². The first-order valence-corrected chi connectivity index (χ1v) is 12.9. The number of carbonyl (C=O) groups excluding carboxylic acids is 2. The van der Waals surface area contributed by atoms with E-state index in [4.69, 9.17) is 4.74 Å². The standard InChI is InChI=1S/C26H27N3O5S/c1-19-10-12-22(17-23(19)35(32,33)29-15-3-2-4-16-29)28-24(30)18-34-25(31)13-11-21-8-5-7-20-9-6-14-27-26(20)21/h5-14,17H,2-4,15-16,18H2,1H3,(H,28,30)/b13-11+. The van der Waals surface area contributed by atoms with Gasteiger partial charge in [-0.05, 0) is 49.6 Å². The summed E-state index contributed by atoms with van der Waals surface area (Å²) in [7, 11) is -3.64. The number of esters is 1.